The molecular formula is C25H28FN3O6S. The molecule has 3 rings (SSSR count). The van der Waals surface area contributed by atoms with Crippen LogP contribution in [0.2, 0.25) is 0 Å². The highest BCUT2D eigenvalue weighted by Gasteiger charge is 2.53. The number of nitrogens with zero attached hydrogens (tertiary/aromatic N) is 1. The quantitative estimate of drug-likeness (QED) is 0.499. The minimum Gasteiger partial charge on any atom is -0.480 e. The van der Waals surface area contributed by atoms with Crippen molar-refractivity contribution in [2.45, 2.75) is 50.0 Å². The second-order valence-electron chi connectivity index (χ2n) is 9.23. The summed E-state index contributed by atoms with van der Waals surface area (Å²) < 4.78 is 20.2. The van der Waals surface area contributed by atoms with E-state index in [4.69, 9.17) is 4.74 Å². The topological polar surface area (TPSA) is 125 Å². The summed E-state index contributed by atoms with van der Waals surface area (Å²) in [5, 5.41) is 12.2. The van der Waals surface area contributed by atoms with Gasteiger partial charge in [0.15, 0.2) is 5.37 Å². The molecule has 1 saturated heterocycles. The molecule has 192 valence electrons. The van der Waals surface area contributed by atoms with Crippen LogP contribution in [0.25, 0.3) is 0 Å². The Balaban J connectivity index is 1.88. The van der Waals surface area contributed by atoms with Gasteiger partial charge in [-0.25, -0.2) is 14.0 Å². The van der Waals surface area contributed by atoms with Crippen molar-refractivity contribution < 1.29 is 33.4 Å². The van der Waals surface area contributed by atoms with Crippen LogP contribution >= 0.6 is 11.8 Å². The average Bonchev–Trinajstić information content (AvgIpc) is 3.18. The van der Waals surface area contributed by atoms with Gasteiger partial charge in [0.1, 0.15) is 16.7 Å². The van der Waals surface area contributed by atoms with Crippen molar-refractivity contribution in [1.82, 2.24) is 10.2 Å². The number of urea groups is 1. The van der Waals surface area contributed by atoms with Crippen LogP contribution in [0.15, 0.2) is 48.5 Å². The molecule has 36 heavy (non-hydrogen) atoms. The summed E-state index contributed by atoms with van der Waals surface area (Å²) >= 11 is 0.690. The summed E-state index contributed by atoms with van der Waals surface area (Å²) in [5.41, 5.74) is 0.470. The fourth-order valence-corrected chi connectivity index (χ4v) is 5.10. The van der Waals surface area contributed by atoms with Crippen LogP contribution in [0.1, 0.15) is 37.9 Å². The van der Waals surface area contributed by atoms with Crippen LogP contribution in [0.5, 0.6) is 0 Å². The molecule has 2 aromatic carbocycles. The molecule has 1 aliphatic heterocycles. The first kappa shape index (κ1) is 27.0. The lowest BCUT2D eigenvalue weighted by molar-refractivity contribution is -0.161. The second-order valence-corrected chi connectivity index (χ2v) is 10.5. The Morgan fingerprint density at radius 2 is 1.81 bits per heavy atom. The van der Waals surface area contributed by atoms with Gasteiger partial charge in [-0.3, -0.25) is 9.59 Å². The Kier molecular flexibility index (Phi) is 8.24. The molecule has 3 atom stereocenters. The molecule has 3 N–H and O–H groups in total. The summed E-state index contributed by atoms with van der Waals surface area (Å²) in [5.74, 6) is -3.64. The van der Waals surface area contributed by atoms with E-state index in [9.17, 15) is 28.7 Å². The van der Waals surface area contributed by atoms with E-state index >= 15 is 0 Å². The number of amides is 3. The van der Waals surface area contributed by atoms with Crippen LogP contribution in [-0.2, 0) is 19.1 Å². The number of halogens is 1. The van der Waals surface area contributed by atoms with Crippen LogP contribution in [-0.4, -0.2) is 56.7 Å². The molecule has 0 radical (unpaired) electrons. The van der Waals surface area contributed by atoms with Crippen molar-refractivity contribution in [3.05, 3.63) is 65.5 Å². The number of carboxylic acid groups (broad SMARTS) is 1. The fourth-order valence-electron chi connectivity index (χ4n) is 3.74. The zero-order valence-corrected chi connectivity index (χ0v) is 21.1. The first-order valence-electron chi connectivity index (χ1n) is 11.2. The Hall–Kier alpha value is -3.60. The average molecular weight is 518 g/mol. The van der Waals surface area contributed by atoms with Gasteiger partial charge >= 0.3 is 18.0 Å². The number of ether oxygens (including phenoxy) is 1. The number of anilines is 1. The molecule has 3 amide bonds. The van der Waals surface area contributed by atoms with E-state index in [1.165, 1.54) is 18.2 Å². The van der Waals surface area contributed by atoms with E-state index in [2.05, 4.69) is 10.6 Å². The Morgan fingerprint density at radius 3 is 2.42 bits per heavy atom. The van der Waals surface area contributed by atoms with Crippen LogP contribution in [0, 0.1) is 12.7 Å². The predicted octanol–water partition coefficient (Wildman–Crippen LogP) is 3.69. The number of aliphatic carboxylic acids is 1. The lowest BCUT2D eigenvalue weighted by Gasteiger charge is -2.31. The number of esters is 1. The van der Waals surface area contributed by atoms with Crippen molar-refractivity contribution in [2.24, 2.45) is 0 Å². The summed E-state index contributed by atoms with van der Waals surface area (Å²) in [6.45, 7) is 6.20. The van der Waals surface area contributed by atoms with Gasteiger partial charge in [0, 0.05) is 11.3 Å². The van der Waals surface area contributed by atoms with Crippen molar-refractivity contribution in [3.63, 3.8) is 0 Å². The Labute approximate surface area is 212 Å². The SMILES string of the molecule is Cc1cccc(NC(=O)NCC(=O)N2C(C(=O)OC(C)(C)C)SC(C(=O)O)C2c2ccccc2F)c1. The number of carbonyl (C=O) groups excluding carboxylic acids is 3. The molecule has 2 aromatic rings. The highest BCUT2D eigenvalue weighted by Crippen LogP contribution is 2.46. The van der Waals surface area contributed by atoms with Gasteiger partial charge in [-0.05, 0) is 51.5 Å². The number of carboxylic acids is 1. The van der Waals surface area contributed by atoms with E-state index in [1.807, 2.05) is 13.0 Å². The van der Waals surface area contributed by atoms with Gasteiger partial charge in [0.05, 0.1) is 12.6 Å². The maximum atomic E-state index is 14.8. The van der Waals surface area contributed by atoms with Crippen LogP contribution in [0.3, 0.4) is 0 Å². The van der Waals surface area contributed by atoms with Gasteiger partial charge in [0.25, 0.3) is 0 Å². The van der Waals surface area contributed by atoms with Gasteiger partial charge in [-0.1, -0.05) is 30.3 Å². The molecule has 3 unspecified atom stereocenters. The van der Waals surface area contributed by atoms with Crippen molar-refractivity contribution in [2.75, 3.05) is 11.9 Å². The van der Waals surface area contributed by atoms with E-state index in [1.54, 1.807) is 39.0 Å². The highest BCUT2D eigenvalue weighted by atomic mass is 32.2. The zero-order chi connectivity index (χ0) is 26.6. The molecule has 0 saturated carbocycles. The van der Waals surface area contributed by atoms with Gasteiger partial charge in [-0.15, -0.1) is 11.8 Å². The third-order valence-electron chi connectivity index (χ3n) is 5.15. The molecular weight excluding hydrogens is 489 g/mol. The van der Waals surface area contributed by atoms with Crippen LogP contribution < -0.4 is 10.6 Å². The van der Waals surface area contributed by atoms with Crippen molar-refractivity contribution in [1.29, 1.82) is 0 Å². The summed E-state index contributed by atoms with van der Waals surface area (Å²) in [7, 11) is 0. The Bertz CT molecular complexity index is 1170. The van der Waals surface area contributed by atoms with E-state index in [0.29, 0.717) is 17.4 Å². The maximum Gasteiger partial charge on any atom is 0.340 e. The first-order chi connectivity index (χ1) is 16.9. The first-order valence-corrected chi connectivity index (χ1v) is 12.1. The number of nitrogens with one attached hydrogen (secondary N) is 2. The minimum absolute atomic E-state index is 0.0546. The largest absolute Gasteiger partial charge is 0.480 e. The molecule has 9 nitrogen and oxygen atoms in total. The minimum atomic E-state index is -1.36. The smallest absolute Gasteiger partial charge is 0.340 e. The number of hydrogen-bond donors (Lipinski definition) is 3. The highest BCUT2D eigenvalue weighted by molar-refractivity contribution is 8.02. The molecule has 0 bridgehead atoms. The van der Waals surface area contributed by atoms with E-state index in [-0.39, 0.29) is 5.56 Å². The monoisotopic (exact) mass is 517 g/mol. The molecule has 0 aromatic heterocycles. The Morgan fingerprint density at radius 1 is 1.11 bits per heavy atom. The van der Waals surface area contributed by atoms with Crippen molar-refractivity contribution >= 4 is 41.3 Å². The van der Waals surface area contributed by atoms with Crippen LogP contribution in [0.4, 0.5) is 14.9 Å². The molecule has 1 heterocycles. The number of thioether (sulfide) groups is 1. The summed E-state index contributed by atoms with van der Waals surface area (Å²) in [4.78, 5) is 51.8. The summed E-state index contributed by atoms with van der Waals surface area (Å²) in [6.07, 6.45) is 0. The summed E-state index contributed by atoms with van der Waals surface area (Å²) in [6, 6.07) is 10.5. The third kappa shape index (κ3) is 6.54. The number of carbonyl (C=O) groups is 4. The number of aryl methyl sites for hydroxylation is 1. The number of rotatable bonds is 6. The third-order valence-corrected chi connectivity index (χ3v) is 6.58. The lowest BCUT2D eigenvalue weighted by atomic mass is 10.0. The molecule has 1 aliphatic rings. The van der Waals surface area contributed by atoms with Crippen molar-refractivity contribution in [3.8, 4) is 0 Å². The van der Waals surface area contributed by atoms with Gasteiger partial charge < -0.3 is 25.4 Å². The van der Waals surface area contributed by atoms with Gasteiger partial charge in [0.2, 0.25) is 5.91 Å². The maximum absolute atomic E-state index is 14.8. The van der Waals surface area contributed by atoms with E-state index < -0.39 is 58.5 Å². The lowest BCUT2D eigenvalue weighted by Crippen LogP contribution is -2.48. The number of benzene rings is 2. The van der Waals surface area contributed by atoms with Gasteiger partial charge in [-0.2, -0.15) is 0 Å². The standard InChI is InChI=1S/C25H28FN3O6S/c1-14-8-7-9-15(12-14)28-24(34)27-13-18(30)29-19(16-10-5-6-11-17(16)26)20(22(31)32)36-21(29)23(33)35-25(2,3)4/h5-12,19-21H,13H2,1-4H3,(H,31,32)(H2,27,28,34). The molecule has 1 fully saturated rings. The zero-order valence-electron chi connectivity index (χ0n) is 20.3. The van der Waals surface area contributed by atoms with E-state index in [0.717, 1.165) is 16.5 Å². The second kappa shape index (κ2) is 11.0. The molecule has 0 spiro atoms. The molecule has 0 aliphatic carbocycles. The predicted molar refractivity (Wildman–Crippen MR) is 133 cm³/mol. The fraction of sp³-hybridized carbons (Fsp3) is 0.360. The number of hydrogen-bond acceptors (Lipinski definition) is 6. The molecule has 11 heteroatoms. The normalized spacial score (nSPS) is 19.5.